The lowest BCUT2D eigenvalue weighted by atomic mass is 9.88. The first-order chi connectivity index (χ1) is 33.4. The van der Waals surface area contributed by atoms with Crippen LogP contribution in [0.1, 0.15) is 362 Å². The van der Waals surface area contributed by atoms with E-state index in [0.717, 1.165) is 18.3 Å². The Morgan fingerprint density at radius 2 is 0.544 bits per heavy atom. The number of hydrogen-bond donors (Lipinski definition) is 1. The van der Waals surface area contributed by atoms with Crippen molar-refractivity contribution in [1.29, 1.82) is 0 Å². The monoisotopic (exact) mass is 951 g/mol. The van der Waals surface area contributed by atoms with E-state index in [2.05, 4.69) is 71.8 Å². The van der Waals surface area contributed by atoms with E-state index < -0.39 is 0 Å². The van der Waals surface area contributed by atoms with Gasteiger partial charge in [-0.15, -0.1) is 0 Å². The number of nitrogens with zero attached hydrogens (tertiary/aromatic N) is 1. The third kappa shape index (κ3) is 44.9. The van der Waals surface area contributed by atoms with E-state index >= 15 is 0 Å². The molecule has 0 radical (unpaired) electrons. The maximum atomic E-state index is 4.65. The zero-order valence-corrected chi connectivity index (χ0v) is 48.4. The van der Waals surface area contributed by atoms with Gasteiger partial charge in [-0.3, -0.25) is 0 Å². The van der Waals surface area contributed by atoms with Crippen LogP contribution < -0.4 is 5.43 Å². The Morgan fingerprint density at radius 1 is 0.294 bits per heavy atom. The van der Waals surface area contributed by atoms with Gasteiger partial charge < -0.3 is 5.01 Å². The van der Waals surface area contributed by atoms with Crippen LogP contribution in [0.15, 0.2) is 36.6 Å². The summed E-state index contributed by atoms with van der Waals surface area (Å²) < 4.78 is 0. The first-order valence-electron chi connectivity index (χ1n) is 31.8. The summed E-state index contributed by atoms with van der Waals surface area (Å²) in [6.07, 6.45) is 70.4. The summed E-state index contributed by atoms with van der Waals surface area (Å²) in [5.74, 6) is 1.87. The Bertz CT molecular complexity index is 980. The molecule has 2 unspecified atom stereocenters. The van der Waals surface area contributed by atoms with Crippen LogP contribution >= 0.6 is 0 Å². The minimum Gasteiger partial charge on any atom is -0.310 e. The van der Waals surface area contributed by atoms with Gasteiger partial charge >= 0.3 is 0 Å². The van der Waals surface area contributed by atoms with Crippen LogP contribution in [0.25, 0.3) is 0 Å². The molecule has 1 N–H and O–H groups in total. The molecular weight excluding hydrogens is 821 g/mol. The van der Waals surface area contributed by atoms with Crippen LogP contribution in [-0.2, 0) is 0 Å². The highest BCUT2D eigenvalue weighted by Gasteiger charge is 2.19. The van der Waals surface area contributed by atoms with E-state index in [-0.39, 0.29) is 0 Å². The number of hydrazine groups is 1. The summed E-state index contributed by atoms with van der Waals surface area (Å²) in [6.45, 7) is 25.5. The first kappa shape index (κ1) is 67.0. The van der Waals surface area contributed by atoms with Gasteiger partial charge in [-0.25, -0.2) is 5.43 Å². The third-order valence-corrected chi connectivity index (χ3v) is 16.1. The maximum Gasteiger partial charge on any atom is 0.0451 e. The zero-order chi connectivity index (χ0) is 49.8. The normalized spacial score (nSPS) is 13.0. The van der Waals surface area contributed by atoms with Gasteiger partial charge in [0.05, 0.1) is 0 Å². The molecule has 0 spiro atoms. The fourth-order valence-corrected chi connectivity index (χ4v) is 11.2. The van der Waals surface area contributed by atoms with Crippen LogP contribution in [0.5, 0.6) is 0 Å². The second-order valence-corrected chi connectivity index (χ2v) is 22.8. The molecule has 0 fully saturated rings. The molecule has 0 aromatic rings. The molecule has 0 saturated carbocycles. The molecule has 0 aromatic carbocycles. The van der Waals surface area contributed by atoms with E-state index in [1.54, 1.807) is 0 Å². The summed E-state index contributed by atoms with van der Waals surface area (Å²) >= 11 is 0. The van der Waals surface area contributed by atoms with E-state index in [1.807, 2.05) is 0 Å². The van der Waals surface area contributed by atoms with E-state index in [9.17, 15) is 0 Å². The van der Waals surface area contributed by atoms with Gasteiger partial charge in [-0.05, 0) is 88.9 Å². The largest absolute Gasteiger partial charge is 0.310 e. The number of nitrogens with one attached hydrogen (secondary N) is 1. The Labute approximate surface area is 432 Å². The summed E-state index contributed by atoms with van der Waals surface area (Å²) in [5.41, 5.74) is 8.04. The summed E-state index contributed by atoms with van der Waals surface area (Å²) in [6, 6.07) is 0.576. The van der Waals surface area contributed by atoms with Crippen molar-refractivity contribution in [2.24, 2.45) is 11.8 Å². The van der Waals surface area contributed by atoms with Gasteiger partial charge in [0.1, 0.15) is 0 Å². The van der Waals surface area contributed by atoms with E-state index in [0.29, 0.717) is 6.04 Å². The Kier molecular flexibility index (Phi) is 53.0. The van der Waals surface area contributed by atoms with Crippen LogP contribution in [0.2, 0.25) is 0 Å². The lowest BCUT2D eigenvalue weighted by molar-refractivity contribution is 0.160. The van der Waals surface area contributed by atoms with Crippen LogP contribution in [-0.4, -0.2) is 18.1 Å². The Hall–Kier alpha value is -1.02. The first-order valence-corrected chi connectivity index (χ1v) is 31.8. The van der Waals surface area contributed by atoms with Crippen LogP contribution in [0, 0.1) is 11.8 Å². The fourth-order valence-electron chi connectivity index (χ4n) is 11.2. The highest BCUT2D eigenvalue weighted by Crippen LogP contribution is 2.29. The molecule has 404 valence electrons. The number of unbranched alkanes of at least 4 members (excludes halogenated alkanes) is 31. The van der Waals surface area contributed by atoms with Crippen LogP contribution in [0.4, 0.5) is 0 Å². The van der Waals surface area contributed by atoms with Gasteiger partial charge in [0.2, 0.25) is 0 Å². The highest BCUT2D eigenvalue weighted by molar-refractivity contribution is 4.96. The molecule has 2 nitrogen and oxygen atoms in total. The summed E-state index contributed by atoms with van der Waals surface area (Å²) in [5, 5.41) is 2.51. The van der Waals surface area contributed by atoms with Crippen molar-refractivity contribution in [1.82, 2.24) is 10.4 Å². The van der Waals surface area contributed by atoms with Crippen molar-refractivity contribution in [3.05, 3.63) is 36.6 Å². The number of hydrogen-bond acceptors (Lipinski definition) is 2. The van der Waals surface area contributed by atoms with Crippen molar-refractivity contribution in [2.45, 2.75) is 368 Å². The average Bonchev–Trinajstić information content (AvgIpc) is 3.34. The van der Waals surface area contributed by atoms with Gasteiger partial charge in [0.25, 0.3) is 0 Å². The average molecular weight is 952 g/mol. The minimum atomic E-state index is 0.576. The predicted molar refractivity (Wildman–Crippen MR) is 313 cm³/mol. The van der Waals surface area contributed by atoms with Crippen molar-refractivity contribution in [3.63, 3.8) is 0 Å². The molecule has 0 saturated heterocycles. The molecular formula is C66H130N2. The van der Waals surface area contributed by atoms with Crippen molar-refractivity contribution in [2.75, 3.05) is 7.05 Å². The molecule has 0 rings (SSSR count). The van der Waals surface area contributed by atoms with Gasteiger partial charge in [0.15, 0.2) is 0 Å². The molecule has 68 heavy (non-hydrogen) atoms. The lowest BCUT2D eigenvalue weighted by Gasteiger charge is -2.35. The Balaban J connectivity index is 4.71. The minimum absolute atomic E-state index is 0.576. The second kappa shape index (κ2) is 53.8. The van der Waals surface area contributed by atoms with Gasteiger partial charge in [-0.1, -0.05) is 316 Å². The second-order valence-electron chi connectivity index (χ2n) is 22.8. The molecule has 0 aliphatic heterocycles. The lowest BCUT2D eigenvalue weighted by Crippen LogP contribution is -2.42. The molecule has 0 aliphatic rings. The smallest absolute Gasteiger partial charge is 0.0451 e. The maximum absolute atomic E-state index is 4.65. The standard InChI is InChI=1S/C66H130N2/c1-10-15-20-25-34-41-50-63(8)68(67-9)66(55-46-37-30-28-32-39-48-61(6)57-59-64(51-42-23-18-13-4)53-44-35-26-21-16-11-2)56-47-38-31-29-33-40-49-62(7)58-60-65(52-43-24-19-14-5)54-45-36-27-22-17-12-3/h64-67H,6-8,10-60H2,1-5,9H3. The van der Waals surface area contributed by atoms with Gasteiger partial charge in [-0.2, -0.15) is 0 Å². The highest BCUT2D eigenvalue weighted by atomic mass is 15.5. The quantitative estimate of drug-likeness (QED) is 0.0371. The summed E-state index contributed by atoms with van der Waals surface area (Å²) in [4.78, 5) is 0. The van der Waals surface area contributed by atoms with Crippen molar-refractivity contribution < 1.29 is 0 Å². The summed E-state index contributed by atoms with van der Waals surface area (Å²) in [7, 11) is 2.15. The molecule has 0 amide bonds. The predicted octanol–water partition coefficient (Wildman–Crippen LogP) is 23.6. The topological polar surface area (TPSA) is 15.3 Å². The number of allylic oxidation sites excluding steroid dienone is 3. The fraction of sp³-hybridized carbons (Fsp3) is 0.909. The SMILES string of the molecule is C=C(CCCCCCCCC(CCCCCCCCC(=C)CCC(CCCCCC)CCCCCCCC)N(NC)C(=C)CCCCCCCC)CCC(CCCCCC)CCCCCCCC. The molecule has 2 heteroatoms. The van der Waals surface area contributed by atoms with Gasteiger partial charge in [0, 0.05) is 18.8 Å². The van der Waals surface area contributed by atoms with Crippen molar-refractivity contribution >= 4 is 0 Å². The Morgan fingerprint density at radius 3 is 0.853 bits per heavy atom. The molecule has 0 aromatic heterocycles. The number of rotatable bonds is 58. The van der Waals surface area contributed by atoms with Crippen molar-refractivity contribution in [3.8, 4) is 0 Å². The van der Waals surface area contributed by atoms with E-state index in [4.69, 9.17) is 0 Å². The molecule has 0 bridgehead atoms. The zero-order valence-electron chi connectivity index (χ0n) is 48.4. The molecule has 0 heterocycles. The van der Waals surface area contributed by atoms with E-state index in [1.165, 1.54) is 338 Å². The molecule has 2 atom stereocenters. The van der Waals surface area contributed by atoms with Crippen LogP contribution in [0.3, 0.4) is 0 Å². The third-order valence-electron chi connectivity index (χ3n) is 16.1. The molecule has 0 aliphatic carbocycles.